The molecule has 2 aromatic carbocycles. The Balaban J connectivity index is 1.57. The summed E-state index contributed by atoms with van der Waals surface area (Å²) in [7, 11) is 0. The number of hydrogen-bond acceptors (Lipinski definition) is 5. The summed E-state index contributed by atoms with van der Waals surface area (Å²) in [6.45, 7) is 0. The Bertz CT molecular complexity index is 906. The summed E-state index contributed by atoms with van der Waals surface area (Å²) in [6.07, 6.45) is 1.25. The average molecular weight is 351 g/mol. The molecule has 1 amide bonds. The molecular formula is C19H17N3O4. The number of carbonyl (C=O) groups is 2. The summed E-state index contributed by atoms with van der Waals surface area (Å²) in [6, 6.07) is 16.1. The third-order valence-electron chi connectivity index (χ3n) is 3.73. The van der Waals surface area contributed by atoms with Crippen molar-refractivity contribution < 1.29 is 19.2 Å². The van der Waals surface area contributed by atoms with Crippen molar-refractivity contribution in [2.45, 2.75) is 19.3 Å². The zero-order chi connectivity index (χ0) is 18.4. The molecule has 0 aliphatic rings. The van der Waals surface area contributed by atoms with Gasteiger partial charge in [0, 0.05) is 6.42 Å². The van der Waals surface area contributed by atoms with E-state index in [1.54, 1.807) is 12.1 Å². The first-order chi connectivity index (χ1) is 12.6. The van der Waals surface area contributed by atoms with Crippen LogP contribution < -0.4 is 5.32 Å². The number of carboxylic acid groups (broad SMARTS) is 1. The number of hydrogen-bond donors (Lipinski definition) is 2. The number of aryl methyl sites for hydroxylation is 2. The number of aromatic nitrogens is 2. The normalized spacial score (nSPS) is 10.5. The predicted octanol–water partition coefficient (Wildman–Crippen LogP) is 2.73. The van der Waals surface area contributed by atoms with Gasteiger partial charge in [-0.3, -0.25) is 4.79 Å². The zero-order valence-electron chi connectivity index (χ0n) is 13.9. The molecule has 132 valence electrons. The minimum Gasteiger partial charge on any atom is -0.478 e. The molecular weight excluding hydrogens is 334 g/mol. The molecule has 1 aromatic heterocycles. The Hall–Kier alpha value is -3.48. The topological polar surface area (TPSA) is 105 Å². The van der Waals surface area contributed by atoms with Crippen LogP contribution in [0.4, 0.5) is 5.69 Å². The number of carboxylic acids is 1. The molecule has 0 spiro atoms. The molecule has 0 unspecified atom stereocenters. The highest BCUT2D eigenvalue weighted by atomic mass is 16.5. The maximum absolute atomic E-state index is 12.1. The Morgan fingerprint density at radius 2 is 1.73 bits per heavy atom. The number of rotatable bonds is 7. The third-order valence-corrected chi connectivity index (χ3v) is 3.73. The molecule has 7 heteroatoms. The minimum absolute atomic E-state index is 0.0255. The summed E-state index contributed by atoms with van der Waals surface area (Å²) >= 11 is 0. The zero-order valence-corrected chi connectivity index (χ0v) is 13.9. The molecule has 26 heavy (non-hydrogen) atoms. The van der Waals surface area contributed by atoms with E-state index in [0.717, 1.165) is 12.0 Å². The predicted molar refractivity (Wildman–Crippen MR) is 93.9 cm³/mol. The van der Waals surface area contributed by atoms with Crippen LogP contribution in [0, 0.1) is 0 Å². The SMILES string of the molecule is O=C(Cc1noc(CCc2ccccc2)n1)Nc1ccccc1C(=O)O. The number of para-hydroxylation sites is 1. The molecule has 3 rings (SSSR count). The standard InChI is InChI=1S/C19H17N3O4/c23-17(20-15-9-5-4-8-14(15)19(24)25)12-16-21-18(26-22-16)11-10-13-6-2-1-3-7-13/h1-9H,10-12H2,(H,20,23)(H,24,25). The maximum Gasteiger partial charge on any atom is 0.337 e. The highest BCUT2D eigenvalue weighted by Crippen LogP contribution is 2.15. The average Bonchev–Trinajstić information content (AvgIpc) is 3.08. The number of carbonyl (C=O) groups excluding carboxylic acids is 1. The summed E-state index contributed by atoms with van der Waals surface area (Å²) in [5, 5.41) is 15.5. The van der Waals surface area contributed by atoms with Gasteiger partial charge >= 0.3 is 5.97 Å². The van der Waals surface area contributed by atoms with Crippen molar-refractivity contribution in [3.63, 3.8) is 0 Å². The Kier molecular flexibility index (Phi) is 5.38. The van der Waals surface area contributed by atoms with Gasteiger partial charge in [0.05, 0.1) is 17.7 Å². The van der Waals surface area contributed by atoms with Crippen molar-refractivity contribution in [2.24, 2.45) is 0 Å². The van der Waals surface area contributed by atoms with Gasteiger partial charge in [-0.1, -0.05) is 47.6 Å². The second-order valence-corrected chi connectivity index (χ2v) is 5.67. The molecule has 2 N–H and O–H groups in total. The fourth-order valence-electron chi connectivity index (χ4n) is 2.48. The quantitative estimate of drug-likeness (QED) is 0.678. The van der Waals surface area contributed by atoms with Crippen LogP contribution in [0.15, 0.2) is 59.1 Å². The number of amides is 1. The van der Waals surface area contributed by atoms with Crippen LogP contribution in [0.3, 0.4) is 0 Å². The smallest absolute Gasteiger partial charge is 0.337 e. The van der Waals surface area contributed by atoms with E-state index >= 15 is 0 Å². The second-order valence-electron chi connectivity index (χ2n) is 5.67. The molecule has 0 saturated heterocycles. The monoisotopic (exact) mass is 351 g/mol. The fraction of sp³-hybridized carbons (Fsp3) is 0.158. The molecule has 0 atom stereocenters. The van der Waals surface area contributed by atoms with E-state index in [9.17, 15) is 9.59 Å². The van der Waals surface area contributed by atoms with Crippen molar-refractivity contribution in [3.05, 3.63) is 77.4 Å². The summed E-state index contributed by atoms with van der Waals surface area (Å²) in [5.74, 6) is -0.793. The lowest BCUT2D eigenvalue weighted by Crippen LogP contribution is -2.17. The molecule has 0 fully saturated rings. The maximum atomic E-state index is 12.1. The first kappa shape index (κ1) is 17.3. The van der Waals surface area contributed by atoms with Gasteiger partial charge in [-0.25, -0.2) is 4.79 Å². The van der Waals surface area contributed by atoms with Gasteiger partial charge in [0.15, 0.2) is 5.82 Å². The van der Waals surface area contributed by atoms with Crippen molar-refractivity contribution >= 4 is 17.6 Å². The van der Waals surface area contributed by atoms with Crippen LogP contribution in [0.5, 0.6) is 0 Å². The first-order valence-corrected chi connectivity index (χ1v) is 8.09. The van der Waals surface area contributed by atoms with Gasteiger partial charge in [0.2, 0.25) is 11.8 Å². The highest BCUT2D eigenvalue weighted by molar-refractivity contribution is 6.00. The van der Waals surface area contributed by atoms with E-state index < -0.39 is 11.9 Å². The first-order valence-electron chi connectivity index (χ1n) is 8.09. The molecule has 0 aliphatic carbocycles. The lowest BCUT2D eigenvalue weighted by molar-refractivity contribution is -0.115. The van der Waals surface area contributed by atoms with Gasteiger partial charge in [-0.15, -0.1) is 0 Å². The van der Waals surface area contributed by atoms with Crippen LogP contribution in [-0.2, 0) is 24.1 Å². The molecule has 0 aliphatic heterocycles. The summed E-state index contributed by atoms with van der Waals surface area (Å²) in [4.78, 5) is 27.5. The van der Waals surface area contributed by atoms with E-state index in [1.165, 1.54) is 12.1 Å². The Morgan fingerprint density at radius 3 is 2.50 bits per heavy atom. The van der Waals surface area contributed by atoms with E-state index in [-0.39, 0.29) is 23.5 Å². The van der Waals surface area contributed by atoms with Crippen LogP contribution in [0.1, 0.15) is 27.6 Å². The van der Waals surface area contributed by atoms with E-state index in [0.29, 0.717) is 12.3 Å². The molecule has 0 radical (unpaired) electrons. The van der Waals surface area contributed by atoms with Crippen molar-refractivity contribution in [3.8, 4) is 0 Å². The van der Waals surface area contributed by atoms with Crippen LogP contribution >= 0.6 is 0 Å². The molecule has 7 nitrogen and oxygen atoms in total. The van der Waals surface area contributed by atoms with Gasteiger partial charge in [0.1, 0.15) is 0 Å². The Morgan fingerprint density at radius 1 is 1.00 bits per heavy atom. The molecule has 0 saturated carbocycles. The van der Waals surface area contributed by atoms with E-state index in [1.807, 2.05) is 30.3 Å². The van der Waals surface area contributed by atoms with Gasteiger partial charge < -0.3 is 14.9 Å². The van der Waals surface area contributed by atoms with Crippen molar-refractivity contribution in [1.82, 2.24) is 10.1 Å². The summed E-state index contributed by atoms with van der Waals surface area (Å²) < 4.78 is 5.16. The van der Waals surface area contributed by atoms with Crippen molar-refractivity contribution in [1.29, 1.82) is 0 Å². The summed E-state index contributed by atoms with van der Waals surface area (Å²) in [5.41, 5.74) is 1.42. The van der Waals surface area contributed by atoms with E-state index in [4.69, 9.17) is 9.63 Å². The number of aromatic carboxylic acids is 1. The van der Waals surface area contributed by atoms with E-state index in [2.05, 4.69) is 15.5 Å². The van der Waals surface area contributed by atoms with Gasteiger partial charge in [0.25, 0.3) is 0 Å². The second kappa shape index (κ2) is 8.06. The lowest BCUT2D eigenvalue weighted by Gasteiger charge is -2.06. The van der Waals surface area contributed by atoms with Crippen LogP contribution in [-0.4, -0.2) is 27.1 Å². The number of anilines is 1. The molecule has 3 aromatic rings. The number of nitrogens with one attached hydrogen (secondary N) is 1. The number of benzene rings is 2. The van der Waals surface area contributed by atoms with Crippen molar-refractivity contribution in [2.75, 3.05) is 5.32 Å². The highest BCUT2D eigenvalue weighted by Gasteiger charge is 2.15. The lowest BCUT2D eigenvalue weighted by atomic mass is 10.1. The number of nitrogens with zero attached hydrogens (tertiary/aromatic N) is 2. The van der Waals surface area contributed by atoms with Crippen LogP contribution in [0.25, 0.3) is 0 Å². The Labute approximate surface area is 149 Å². The molecule has 0 bridgehead atoms. The third kappa shape index (κ3) is 4.54. The van der Waals surface area contributed by atoms with Crippen LogP contribution in [0.2, 0.25) is 0 Å². The van der Waals surface area contributed by atoms with Gasteiger partial charge in [-0.2, -0.15) is 4.98 Å². The minimum atomic E-state index is -1.11. The molecule has 1 heterocycles. The largest absolute Gasteiger partial charge is 0.478 e. The fourth-order valence-corrected chi connectivity index (χ4v) is 2.48. The van der Waals surface area contributed by atoms with Gasteiger partial charge in [-0.05, 0) is 24.1 Å².